The van der Waals surface area contributed by atoms with Crippen molar-refractivity contribution < 1.29 is 4.74 Å². The van der Waals surface area contributed by atoms with Crippen molar-refractivity contribution >= 4 is 27.5 Å². The van der Waals surface area contributed by atoms with E-state index in [1.165, 1.54) is 0 Å². The lowest BCUT2D eigenvalue weighted by molar-refractivity contribution is 0.476. The van der Waals surface area contributed by atoms with Crippen LogP contribution in [0.5, 0.6) is 11.5 Å². The average molecular weight is 356 g/mol. The number of aromatic nitrogens is 1. The summed E-state index contributed by atoms with van der Waals surface area (Å²) in [6.45, 7) is 4.92. The van der Waals surface area contributed by atoms with E-state index in [9.17, 15) is 0 Å². The Balaban J connectivity index is 2.11. The van der Waals surface area contributed by atoms with E-state index in [2.05, 4.69) is 40.1 Å². The first-order valence-electron chi connectivity index (χ1n) is 6.36. The minimum atomic E-state index is 0.423. The fourth-order valence-corrected chi connectivity index (χ4v) is 2.37. The van der Waals surface area contributed by atoms with Crippen LogP contribution >= 0.6 is 27.5 Å². The van der Waals surface area contributed by atoms with Crippen LogP contribution in [0.25, 0.3) is 0 Å². The van der Waals surface area contributed by atoms with Crippen molar-refractivity contribution in [2.75, 3.05) is 0 Å². The molecule has 0 bridgehead atoms. The van der Waals surface area contributed by atoms with Crippen LogP contribution in [0, 0.1) is 0 Å². The zero-order chi connectivity index (χ0) is 14.5. The number of nitrogens with zero attached hydrogens (tertiary/aromatic N) is 1. The van der Waals surface area contributed by atoms with Gasteiger partial charge < -0.3 is 10.1 Å². The molecule has 0 aliphatic carbocycles. The molecule has 0 saturated heterocycles. The fraction of sp³-hybridized carbons (Fsp3) is 0.267. The summed E-state index contributed by atoms with van der Waals surface area (Å²) in [5.41, 5.74) is 0.946. The molecule has 106 valence electrons. The molecule has 2 rings (SSSR count). The summed E-state index contributed by atoms with van der Waals surface area (Å²) in [7, 11) is 0. The average Bonchev–Trinajstić information content (AvgIpc) is 2.40. The van der Waals surface area contributed by atoms with Gasteiger partial charge in [-0.2, -0.15) is 0 Å². The van der Waals surface area contributed by atoms with E-state index in [-0.39, 0.29) is 0 Å². The van der Waals surface area contributed by atoms with Gasteiger partial charge in [0.1, 0.15) is 11.5 Å². The van der Waals surface area contributed by atoms with Gasteiger partial charge in [0.15, 0.2) is 0 Å². The molecule has 0 spiro atoms. The smallest absolute Gasteiger partial charge is 0.141 e. The molecule has 0 aliphatic rings. The summed E-state index contributed by atoms with van der Waals surface area (Å²) in [5, 5.41) is 3.99. The molecule has 1 aromatic carbocycles. The second-order valence-electron chi connectivity index (χ2n) is 4.70. The Labute approximate surface area is 132 Å². The highest BCUT2D eigenvalue weighted by molar-refractivity contribution is 9.10. The summed E-state index contributed by atoms with van der Waals surface area (Å²) in [5.74, 6) is 1.48. The standard InChI is InChI=1S/C15H16BrClN2O/c1-10(2)19-9-12-8-13(5-6-18-12)20-15-4-3-11(17)7-14(15)16/h3-8,10,19H,9H2,1-2H3. The lowest BCUT2D eigenvalue weighted by Gasteiger charge is -2.10. The van der Waals surface area contributed by atoms with Crippen molar-refractivity contribution in [1.82, 2.24) is 10.3 Å². The zero-order valence-electron chi connectivity index (χ0n) is 11.4. The first-order chi connectivity index (χ1) is 9.54. The van der Waals surface area contributed by atoms with Crippen molar-refractivity contribution in [2.45, 2.75) is 26.4 Å². The molecule has 1 heterocycles. The largest absolute Gasteiger partial charge is 0.456 e. The van der Waals surface area contributed by atoms with E-state index >= 15 is 0 Å². The molecule has 20 heavy (non-hydrogen) atoms. The van der Waals surface area contributed by atoms with Gasteiger partial charge in [-0.1, -0.05) is 25.4 Å². The quantitative estimate of drug-likeness (QED) is 0.837. The number of hydrogen-bond donors (Lipinski definition) is 1. The van der Waals surface area contributed by atoms with Crippen molar-refractivity contribution in [3.05, 3.63) is 51.7 Å². The number of nitrogens with one attached hydrogen (secondary N) is 1. The van der Waals surface area contributed by atoms with E-state index in [0.29, 0.717) is 11.1 Å². The maximum Gasteiger partial charge on any atom is 0.141 e. The Kier molecular flexibility index (Phi) is 5.40. The monoisotopic (exact) mass is 354 g/mol. The molecule has 3 nitrogen and oxygen atoms in total. The number of benzene rings is 1. The highest BCUT2D eigenvalue weighted by Gasteiger charge is 2.05. The number of pyridine rings is 1. The molecule has 1 N–H and O–H groups in total. The molecular weight excluding hydrogens is 340 g/mol. The molecule has 0 unspecified atom stereocenters. The first-order valence-corrected chi connectivity index (χ1v) is 7.53. The highest BCUT2D eigenvalue weighted by atomic mass is 79.9. The van der Waals surface area contributed by atoms with Crippen LogP contribution in [0.2, 0.25) is 5.02 Å². The van der Waals surface area contributed by atoms with E-state index in [4.69, 9.17) is 16.3 Å². The molecule has 1 aromatic heterocycles. The Morgan fingerprint density at radius 2 is 2.10 bits per heavy atom. The van der Waals surface area contributed by atoms with E-state index < -0.39 is 0 Å². The van der Waals surface area contributed by atoms with Crippen LogP contribution in [0.4, 0.5) is 0 Å². The Bertz CT molecular complexity index is 590. The minimum absolute atomic E-state index is 0.423. The normalized spacial score (nSPS) is 10.8. The van der Waals surface area contributed by atoms with Gasteiger partial charge in [-0.05, 0) is 40.2 Å². The summed E-state index contributed by atoms with van der Waals surface area (Å²) < 4.78 is 6.66. The van der Waals surface area contributed by atoms with Gasteiger partial charge in [0, 0.05) is 29.9 Å². The molecule has 0 saturated carbocycles. The van der Waals surface area contributed by atoms with Crippen LogP contribution in [0.3, 0.4) is 0 Å². The third-order valence-corrected chi connectivity index (χ3v) is 3.46. The SMILES string of the molecule is CC(C)NCc1cc(Oc2ccc(Cl)cc2Br)ccn1. The molecule has 2 aromatic rings. The van der Waals surface area contributed by atoms with Gasteiger partial charge in [-0.25, -0.2) is 0 Å². The topological polar surface area (TPSA) is 34.1 Å². The van der Waals surface area contributed by atoms with Crippen molar-refractivity contribution in [3.63, 3.8) is 0 Å². The first kappa shape index (κ1) is 15.3. The third-order valence-electron chi connectivity index (χ3n) is 2.60. The lowest BCUT2D eigenvalue weighted by atomic mass is 10.3. The highest BCUT2D eigenvalue weighted by Crippen LogP contribution is 2.31. The molecule has 0 amide bonds. The van der Waals surface area contributed by atoms with Crippen molar-refractivity contribution in [1.29, 1.82) is 0 Å². The summed E-state index contributed by atoms with van der Waals surface area (Å²) >= 11 is 9.35. The van der Waals surface area contributed by atoms with Crippen LogP contribution in [-0.4, -0.2) is 11.0 Å². The molecular formula is C15H16BrClN2O. The Morgan fingerprint density at radius 1 is 1.30 bits per heavy atom. The van der Waals surface area contributed by atoms with Crippen molar-refractivity contribution in [3.8, 4) is 11.5 Å². The van der Waals surface area contributed by atoms with E-state index in [0.717, 1.165) is 28.2 Å². The predicted molar refractivity (Wildman–Crippen MR) is 85.4 cm³/mol. The van der Waals surface area contributed by atoms with Gasteiger partial charge in [0.25, 0.3) is 0 Å². The minimum Gasteiger partial charge on any atom is -0.456 e. The van der Waals surface area contributed by atoms with Gasteiger partial charge >= 0.3 is 0 Å². The molecule has 0 atom stereocenters. The van der Waals surface area contributed by atoms with Gasteiger partial charge in [-0.15, -0.1) is 0 Å². The maximum absolute atomic E-state index is 5.91. The summed E-state index contributed by atoms with van der Waals surface area (Å²) in [6, 6.07) is 9.62. The number of ether oxygens (including phenoxy) is 1. The van der Waals surface area contributed by atoms with E-state index in [1.807, 2.05) is 18.2 Å². The Hall–Kier alpha value is -1.10. The van der Waals surface area contributed by atoms with Crippen molar-refractivity contribution in [2.24, 2.45) is 0 Å². The van der Waals surface area contributed by atoms with Gasteiger partial charge in [-0.3, -0.25) is 4.98 Å². The van der Waals surface area contributed by atoms with Gasteiger partial charge in [0.2, 0.25) is 0 Å². The molecule has 0 radical (unpaired) electrons. The number of halogens is 2. The molecule has 5 heteroatoms. The second-order valence-corrected chi connectivity index (χ2v) is 5.99. The summed E-state index contributed by atoms with van der Waals surface area (Å²) in [4.78, 5) is 4.31. The lowest BCUT2D eigenvalue weighted by Crippen LogP contribution is -2.22. The van der Waals surface area contributed by atoms with Crippen LogP contribution in [-0.2, 0) is 6.54 Å². The predicted octanol–water partition coefficient (Wildman–Crippen LogP) is 4.79. The number of rotatable bonds is 5. The maximum atomic E-state index is 5.91. The van der Waals surface area contributed by atoms with E-state index in [1.54, 1.807) is 18.3 Å². The molecule has 0 fully saturated rings. The molecule has 0 aliphatic heterocycles. The van der Waals surface area contributed by atoms with Crippen LogP contribution in [0.15, 0.2) is 41.0 Å². The summed E-state index contributed by atoms with van der Waals surface area (Å²) in [6.07, 6.45) is 1.75. The second kappa shape index (κ2) is 7.07. The van der Waals surface area contributed by atoms with Gasteiger partial charge in [0.05, 0.1) is 10.2 Å². The van der Waals surface area contributed by atoms with Crippen LogP contribution < -0.4 is 10.1 Å². The number of hydrogen-bond acceptors (Lipinski definition) is 3. The Morgan fingerprint density at radius 3 is 2.80 bits per heavy atom. The fourth-order valence-electron chi connectivity index (χ4n) is 1.61. The zero-order valence-corrected chi connectivity index (χ0v) is 13.7. The van der Waals surface area contributed by atoms with Crippen LogP contribution in [0.1, 0.15) is 19.5 Å². The third kappa shape index (κ3) is 4.47.